The topological polar surface area (TPSA) is 76.8 Å². The summed E-state index contributed by atoms with van der Waals surface area (Å²) < 4.78 is 0. The monoisotopic (exact) mass is 156 g/mol. The SMILES string of the molecule is CC/C(=N\N=C(N)N)C(C)C. The summed E-state index contributed by atoms with van der Waals surface area (Å²) >= 11 is 0. The first-order chi connectivity index (χ1) is 5.07. The first kappa shape index (κ1) is 9.94. The lowest BCUT2D eigenvalue weighted by Crippen LogP contribution is -2.22. The highest BCUT2D eigenvalue weighted by Crippen LogP contribution is 2.00. The maximum absolute atomic E-state index is 5.12. The Labute approximate surface area is 67.4 Å². The third kappa shape index (κ3) is 4.36. The average Bonchev–Trinajstić information content (AvgIpc) is 1.87. The van der Waals surface area contributed by atoms with Gasteiger partial charge in [0.25, 0.3) is 0 Å². The van der Waals surface area contributed by atoms with Gasteiger partial charge in [0.1, 0.15) is 0 Å². The van der Waals surface area contributed by atoms with Gasteiger partial charge in [-0.05, 0) is 12.3 Å². The van der Waals surface area contributed by atoms with Crippen LogP contribution < -0.4 is 11.5 Å². The van der Waals surface area contributed by atoms with Crippen LogP contribution in [0.15, 0.2) is 10.2 Å². The standard InChI is InChI=1S/C7H16N4/c1-4-6(5(2)3)10-11-7(8)9/h5H,4H2,1-3H3,(H4,8,9,11)/b10-6+. The molecular formula is C7H16N4. The van der Waals surface area contributed by atoms with Gasteiger partial charge in [0, 0.05) is 5.71 Å². The molecule has 0 bridgehead atoms. The van der Waals surface area contributed by atoms with E-state index in [1.807, 2.05) is 6.92 Å². The number of nitrogens with zero attached hydrogens (tertiary/aromatic N) is 2. The molecule has 0 aliphatic rings. The molecule has 0 aromatic carbocycles. The van der Waals surface area contributed by atoms with Gasteiger partial charge in [0.2, 0.25) is 5.96 Å². The Morgan fingerprint density at radius 1 is 1.27 bits per heavy atom. The molecule has 4 heteroatoms. The molecule has 0 unspecified atom stereocenters. The van der Waals surface area contributed by atoms with Crippen LogP contribution in [0.2, 0.25) is 0 Å². The minimum absolute atomic E-state index is 0.0107. The normalized spacial score (nSPS) is 11.8. The van der Waals surface area contributed by atoms with Crippen LogP contribution in [0.3, 0.4) is 0 Å². The molecule has 0 heterocycles. The minimum Gasteiger partial charge on any atom is -0.369 e. The number of guanidine groups is 1. The smallest absolute Gasteiger partial charge is 0.211 e. The summed E-state index contributed by atoms with van der Waals surface area (Å²) in [6.07, 6.45) is 0.883. The maximum Gasteiger partial charge on any atom is 0.211 e. The third-order valence-electron chi connectivity index (χ3n) is 1.32. The largest absolute Gasteiger partial charge is 0.369 e. The van der Waals surface area contributed by atoms with Gasteiger partial charge in [-0.15, -0.1) is 5.10 Å². The molecule has 0 rings (SSSR count). The lowest BCUT2D eigenvalue weighted by atomic mass is 10.1. The molecule has 0 aromatic rings. The van der Waals surface area contributed by atoms with Gasteiger partial charge in [-0.25, -0.2) is 0 Å². The highest BCUT2D eigenvalue weighted by molar-refractivity contribution is 5.86. The van der Waals surface area contributed by atoms with Crippen molar-refractivity contribution in [2.45, 2.75) is 27.2 Å². The van der Waals surface area contributed by atoms with Crippen molar-refractivity contribution >= 4 is 11.7 Å². The van der Waals surface area contributed by atoms with Crippen molar-refractivity contribution in [1.82, 2.24) is 0 Å². The summed E-state index contributed by atoms with van der Waals surface area (Å²) in [6, 6.07) is 0. The summed E-state index contributed by atoms with van der Waals surface area (Å²) in [7, 11) is 0. The van der Waals surface area contributed by atoms with E-state index in [-0.39, 0.29) is 5.96 Å². The van der Waals surface area contributed by atoms with E-state index in [0.29, 0.717) is 5.92 Å². The molecule has 0 amide bonds. The van der Waals surface area contributed by atoms with Crippen LogP contribution in [0.5, 0.6) is 0 Å². The molecule has 0 saturated carbocycles. The summed E-state index contributed by atoms with van der Waals surface area (Å²) in [6.45, 7) is 6.15. The molecule has 64 valence electrons. The van der Waals surface area contributed by atoms with Crippen molar-refractivity contribution < 1.29 is 0 Å². The highest BCUT2D eigenvalue weighted by Gasteiger charge is 2.00. The predicted octanol–water partition coefficient (Wildman–Crippen LogP) is 0.682. The fraction of sp³-hybridized carbons (Fsp3) is 0.714. The van der Waals surface area contributed by atoms with E-state index in [1.165, 1.54) is 0 Å². The van der Waals surface area contributed by atoms with E-state index >= 15 is 0 Å². The summed E-state index contributed by atoms with van der Waals surface area (Å²) in [5.74, 6) is 0.416. The molecule has 0 aliphatic carbocycles. The summed E-state index contributed by atoms with van der Waals surface area (Å²) in [5.41, 5.74) is 11.2. The first-order valence-corrected chi connectivity index (χ1v) is 3.73. The first-order valence-electron chi connectivity index (χ1n) is 3.73. The zero-order valence-corrected chi connectivity index (χ0v) is 7.33. The number of nitrogens with two attached hydrogens (primary N) is 2. The number of hydrogen-bond acceptors (Lipinski definition) is 2. The molecular weight excluding hydrogens is 140 g/mol. The second-order valence-corrected chi connectivity index (χ2v) is 2.62. The second kappa shape index (κ2) is 4.71. The Kier molecular flexibility index (Phi) is 4.26. The molecule has 0 radical (unpaired) electrons. The third-order valence-corrected chi connectivity index (χ3v) is 1.32. The Hall–Kier alpha value is -1.06. The molecule has 0 aromatic heterocycles. The molecule has 0 atom stereocenters. The molecule has 0 saturated heterocycles. The van der Waals surface area contributed by atoms with Crippen molar-refractivity contribution in [3.8, 4) is 0 Å². The van der Waals surface area contributed by atoms with Crippen LogP contribution in [-0.4, -0.2) is 11.7 Å². The summed E-state index contributed by atoms with van der Waals surface area (Å²) in [4.78, 5) is 0. The molecule has 0 aliphatic heterocycles. The van der Waals surface area contributed by atoms with Crippen LogP contribution >= 0.6 is 0 Å². The van der Waals surface area contributed by atoms with Gasteiger partial charge in [0.15, 0.2) is 0 Å². The highest BCUT2D eigenvalue weighted by atomic mass is 15.3. The van der Waals surface area contributed by atoms with E-state index in [1.54, 1.807) is 0 Å². The van der Waals surface area contributed by atoms with Crippen LogP contribution in [-0.2, 0) is 0 Å². The van der Waals surface area contributed by atoms with Gasteiger partial charge in [-0.3, -0.25) is 0 Å². The zero-order chi connectivity index (χ0) is 8.85. The number of rotatable bonds is 3. The minimum atomic E-state index is 0.0107. The van der Waals surface area contributed by atoms with Crippen molar-refractivity contribution in [2.24, 2.45) is 27.6 Å². The molecule has 11 heavy (non-hydrogen) atoms. The van der Waals surface area contributed by atoms with Crippen molar-refractivity contribution in [3.63, 3.8) is 0 Å². The predicted molar refractivity (Wildman–Crippen MR) is 48.4 cm³/mol. The van der Waals surface area contributed by atoms with Crippen LogP contribution in [0, 0.1) is 5.92 Å². The van der Waals surface area contributed by atoms with Crippen LogP contribution in [0.25, 0.3) is 0 Å². The Morgan fingerprint density at radius 3 is 2.09 bits per heavy atom. The molecule has 4 nitrogen and oxygen atoms in total. The number of hydrogen-bond donors (Lipinski definition) is 2. The average molecular weight is 156 g/mol. The van der Waals surface area contributed by atoms with Crippen molar-refractivity contribution in [1.29, 1.82) is 0 Å². The van der Waals surface area contributed by atoms with Gasteiger partial charge in [-0.1, -0.05) is 20.8 Å². The lowest BCUT2D eigenvalue weighted by Gasteiger charge is -2.03. The van der Waals surface area contributed by atoms with Gasteiger partial charge in [0.05, 0.1) is 0 Å². The van der Waals surface area contributed by atoms with Crippen molar-refractivity contribution in [3.05, 3.63) is 0 Å². The molecule has 0 spiro atoms. The van der Waals surface area contributed by atoms with Gasteiger partial charge in [-0.2, -0.15) is 5.10 Å². The van der Waals surface area contributed by atoms with E-state index in [9.17, 15) is 0 Å². The Bertz CT molecular complexity index is 165. The molecule has 0 fully saturated rings. The van der Waals surface area contributed by atoms with E-state index < -0.39 is 0 Å². The van der Waals surface area contributed by atoms with Crippen molar-refractivity contribution in [2.75, 3.05) is 0 Å². The van der Waals surface area contributed by atoms with E-state index in [4.69, 9.17) is 11.5 Å². The fourth-order valence-electron chi connectivity index (χ4n) is 0.716. The molecule has 4 N–H and O–H groups in total. The van der Waals surface area contributed by atoms with Gasteiger partial charge >= 0.3 is 0 Å². The van der Waals surface area contributed by atoms with E-state index in [2.05, 4.69) is 24.1 Å². The Balaban J connectivity index is 4.24. The lowest BCUT2D eigenvalue weighted by molar-refractivity contribution is 0.847. The maximum atomic E-state index is 5.12. The fourth-order valence-corrected chi connectivity index (χ4v) is 0.716. The second-order valence-electron chi connectivity index (χ2n) is 2.62. The van der Waals surface area contributed by atoms with E-state index in [0.717, 1.165) is 12.1 Å². The Morgan fingerprint density at radius 2 is 1.82 bits per heavy atom. The van der Waals surface area contributed by atoms with Gasteiger partial charge < -0.3 is 11.5 Å². The summed E-state index contributed by atoms with van der Waals surface area (Å²) in [5, 5.41) is 7.47. The van der Waals surface area contributed by atoms with Crippen LogP contribution in [0.4, 0.5) is 0 Å². The van der Waals surface area contributed by atoms with Crippen LogP contribution in [0.1, 0.15) is 27.2 Å². The quantitative estimate of drug-likeness (QED) is 0.358. The zero-order valence-electron chi connectivity index (χ0n) is 7.33.